The van der Waals surface area contributed by atoms with E-state index in [4.69, 9.17) is 14.8 Å². The summed E-state index contributed by atoms with van der Waals surface area (Å²) in [6.45, 7) is 2.02. The van der Waals surface area contributed by atoms with Gasteiger partial charge in [0.2, 0.25) is 0 Å². The predicted molar refractivity (Wildman–Crippen MR) is 126 cm³/mol. The van der Waals surface area contributed by atoms with Gasteiger partial charge in [-0.05, 0) is 42.0 Å². The van der Waals surface area contributed by atoms with Crippen molar-refractivity contribution in [3.63, 3.8) is 0 Å². The SMILES string of the molecule is COCCCc1ccc(-c2ccc(C3=NO[C@@H](C[C@](C)(C(=O)NO)S(C)(=O)=O)C3)cc2)cc1. The Morgan fingerprint density at radius 2 is 1.73 bits per heavy atom. The van der Waals surface area contributed by atoms with Crippen LogP contribution < -0.4 is 5.48 Å². The highest BCUT2D eigenvalue weighted by atomic mass is 32.2. The Hall–Kier alpha value is -2.75. The van der Waals surface area contributed by atoms with Gasteiger partial charge in [-0.1, -0.05) is 53.7 Å². The molecule has 0 radical (unpaired) electrons. The van der Waals surface area contributed by atoms with Crippen molar-refractivity contribution in [1.82, 2.24) is 5.48 Å². The van der Waals surface area contributed by atoms with Crippen molar-refractivity contribution in [1.29, 1.82) is 0 Å². The van der Waals surface area contributed by atoms with Gasteiger partial charge in [-0.2, -0.15) is 0 Å². The Morgan fingerprint density at radius 3 is 2.27 bits per heavy atom. The largest absolute Gasteiger partial charge is 0.392 e. The monoisotopic (exact) mass is 474 g/mol. The lowest BCUT2D eigenvalue weighted by Crippen LogP contribution is -2.51. The van der Waals surface area contributed by atoms with Crippen molar-refractivity contribution in [2.75, 3.05) is 20.0 Å². The van der Waals surface area contributed by atoms with Crippen LogP contribution in [-0.2, 0) is 30.6 Å². The first-order valence-electron chi connectivity index (χ1n) is 10.7. The molecule has 1 heterocycles. The summed E-state index contributed by atoms with van der Waals surface area (Å²) in [6.07, 6.45) is 2.57. The summed E-state index contributed by atoms with van der Waals surface area (Å²) in [5, 5.41) is 13.1. The molecule has 0 bridgehead atoms. The third kappa shape index (κ3) is 5.79. The summed E-state index contributed by atoms with van der Waals surface area (Å²) in [6, 6.07) is 16.4. The van der Waals surface area contributed by atoms with Gasteiger partial charge in [0.1, 0.15) is 6.10 Å². The second kappa shape index (κ2) is 10.5. The highest BCUT2D eigenvalue weighted by Crippen LogP contribution is 2.30. The molecule has 0 aromatic heterocycles. The molecule has 2 aromatic carbocycles. The average Bonchev–Trinajstić information content (AvgIpc) is 3.26. The molecule has 0 saturated heterocycles. The fourth-order valence-electron chi connectivity index (χ4n) is 3.81. The number of carbonyl (C=O) groups excluding carboxylic acids is 1. The Kier molecular flexibility index (Phi) is 7.88. The lowest BCUT2D eigenvalue weighted by molar-refractivity contribution is -0.132. The molecule has 0 aliphatic carbocycles. The van der Waals surface area contributed by atoms with Gasteiger partial charge in [0.15, 0.2) is 14.6 Å². The number of amides is 1. The molecule has 2 N–H and O–H groups in total. The third-order valence-corrected chi connectivity index (χ3v) is 8.06. The van der Waals surface area contributed by atoms with E-state index in [2.05, 4.69) is 29.4 Å². The number of carbonyl (C=O) groups is 1. The molecule has 1 aliphatic rings. The number of sulfone groups is 1. The summed E-state index contributed by atoms with van der Waals surface area (Å²) in [5.41, 5.74) is 6.45. The fraction of sp³-hybridized carbons (Fsp3) is 0.417. The maximum Gasteiger partial charge on any atom is 0.264 e. The third-order valence-electron chi connectivity index (χ3n) is 6.07. The molecule has 2 atom stereocenters. The molecule has 0 spiro atoms. The molecule has 1 aliphatic heterocycles. The van der Waals surface area contributed by atoms with Crippen molar-refractivity contribution in [3.8, 4) is 11.1 Å². The Labute approximate surface area is 194 Å². The van der Waals surface area contributed by atoms with E-state index in [1.54, 1.807) is 7.11 Å². The van der Waals surface area contributed by atoms with Crippen molar-refractivity contribution >= 4 is 21.5 Å². The van der Waals surface area contributed by atoms with E-state index in [1.807, 2.05) is 24.3 Å². The molecule has 178 valence electrons. The minimum absolute atomic E-state index is 0.125. The minimum atomic E-state index is -3.80. The lowest BCUT2D eigenvalue weighted by atomic mass is 9.95. The van der Waals surface area contributed by atoms with Crippen molar-refractivity contribution in [2.45, 2.75) is 43.5 Å². The fourth-order valence-corrected chi connectivity index (χ4v) is 4.68. The Morgan fingerprint density at radius 1 is 1.15 bits per heavy atom. The molecule has 0 fully saturated rings. The van der Waals surface area contributed by atoms with Crippen LogP contribution in [0.5, 0.6) is 0 Å². The summed E-state index contributed by atoms with van der Waals surface area (Å²) in [7, 11) is -2.09. The topological polar surface area (TPSA) is 114 Å². The Bertz CT molecular complexity index is 1100. The van der Waals surface area contributed by atoms with Crippen LogP contribution in [-0.4, -0.2) is 56.1 Å². The number of hydrogen-bond donors (Lipinski definition) is 2. The number of ether oxygens (including phenoxy) is 1. The maximum atomic E-state index is 12.2. The molecule has 9 heteroatoms. The van der Waals surface area contributed by atoms with Crippen LogP contribution in [0.1, 0.15) is 37.3 Å². The van der Waals surface area contributed by atoms with Crippen LogP contribution in [0.25, 0.3) is 11.1 Å². The van der Waals surface area contributed by atoms with E-state index < -0.39 is 26.6 Å². The lowest BCUT2D eigenvalue weighted by Gasteiger charge is -2.26. The van der Waals surface area contributed by atoms with Gasteiger partial charge < -0.3 is 9.57 Å². The summed E-state index contributed by atoms with van der Waals surface area (Å²) < 4.78 is 27.6. The normalized spacial score (nSPS) is 17.7. The molecule has 2 aromatic rings. The maximum absolute atomic E-state index is 12.2. The van der Waals surface area contributed by atoms with E-state index in [1.165, 1.54) is 18.0 Å². The predicted octanol–water partition coefficient (Wildman–Crippen LogP) is 3.12. The van der Waals surface area contributed by atoms with Crippen molar-refractivity contribution in [2.24, 2.45) is 5.16 Å². The van der Waals surface area contributed by atoms with Gasteiger partial charge in [0.25, 0.3) is 5.91 Å². The average molecular weight is 475 g/mol. The number of hydrogen-bond acceptors (Lipinski definition) is 7. The van der Waals surface area contributed by atoms with E-state index in [0.717, 1.165) is 42.4 Å². The molecule has 0 unspecified atom stereocenters. The number of oxime groups is 1. The van der Waals surface area contributed by atoms with Crippen LogP contribution in [0.15, 0.2) is 53.7 Å². The van der Waals surface area contributed by atoms with Gasteiger partial charge >= 0.3 is 0 Å². The number of methoxy groups -OCH3 is 1. The van der Waals surface area contributed by atoms with Gasteiger partial charge in [-0.15, -0.1) is 0 Å². The first kappa shape index (κ1) is 24.9. The molecular formula is C24H30N2O6S. The smallest absolute Gasteiger partial charge is 0.264 e. The van der Waals surface area contributed by atoms with Crippen molar-refractivity contribution < 1.29 is 28.0 Å². The van der Waals surface area contributed by atoms with E-state index >= 15 is 0 Å². The first-order chi connectivity index (χ1) is 15.7. The highest BCUT2D eigenvalue weighted by molar-refractivity contribution is 7.92. The second-order valence-corrected chi connectivity index (χ2v) is 10.9. The number of nitrogens with zero attached hydrogens (tertiary/aromatic N) is 1. The standard InChI is InChI=1S/C24H30N2O6S/c1-24(23(27)25-28,33(3,29)30)16-21-15-22(26-32-21)20-12-10-19(11-13-20)18-8-6-17(7-9-18)5-4-14-31-2/h6-13,21,28H,4-5,14-16H2,1-3H3,(H,25,27)/t21-,24-/m1/s1. The molecule has 3 rings (SSSR count). The zero-order valence-corrected chi connectivity index (χ0v) is 19.9. The van der Waals surface area contributed by atoms with Crippen LogP contribution in [0.4, 0.5) is 0 Å². The molecule has 0 saturated carbocycles. The number of aryl methyl sites for hydroxylation is 1. The van der Waals surface area contributed by atoms with Gasteiger partial charge in [0, 0.05) is 32.8 Å². The summed E-state index contributed by atoms with van der Waals surface area (Å²) in [5.74, 6) is -0.990. The number of benzene rings is 2. The van der Waals surface area contributed by atoms with Gasteiger partial charge in [-0.3, -0.25) is 10.0 Å². The Balaban J connectivity index is 1.64. The van der Waals surface area contributed by atoms with Gasteiger partial charge in [-0.25, -0.2) is 13.9 Å². The molecule has 1 amide bonds. The zero-order chi connectivity index (χ0) is 24.1. The first-order valence-corrected chi connectivity index (χ1v) is 12.6. The van der Waals surface area contributed by atoms with Crippen LogP contribution >= 0.6 is 0 Å². The number of hydroxylamine groups is 1. The van der Waals surface area contributed by atoms with Crippen LogP contribution in [0, 0.1) is 0 Å². The minimum Gasteiger partial charge on any atom is -0.392 e. The molecular weight excluding hydrogens is 444 g/mol. The van der Waals surface area contributed by atoms with Crippen LogP contribution in [0.3, 0.4) is 0 Å². The second-order valence-electron chi connectivity index (χ2n) is 8.49. The zero-order valence-electron chi connectivity index (χ0n) is 19.1. The summed E-state index contributed by atoms with van der Waals surface area (Å²) >= 11 is 0. The van der Waals surface area contributed by atoms with Crippen molar-refractivity contribution in [3.05, 3.63) is 59.7 Å². The highest BCUT2D eigenvalue weighted by Gasteiger charge is 2.47. The molecule has 8 nitrogen and oxygen atoms in total. The van der Waals surface area contributed by atoms with E-state index in [-0.39, 0.29) is 6.42 Å². The molecule has 33 heavy (non-hydrogen) atoms. The number of nitrogens with one attached hydrogen (secondary N) is 1. The van der Waals surface area contributed by atoms with E-state index in [9.17, 15) is 13.2 Å². The summed E-state index contributed by atoms with van der Waals surface area (Å²) in [4.78, 5) is 17.5. The van der Waals surface area contributed by atoms with Crippen LogP contribution in [0.2, 0.25) is 0 Å². The van der Waals surface area contributed by atoms with Gasteiger partial charge in [0.05, 0.1) is 5.71 Å². The van der Waals surface area contributed by atoms with E-state index in [0.29, 0.717) is 12.1 Å². The quantitative estimate of drug-likeness (QED) is 0.311. The number of rotatable bonds is 10.